The van der Waals surface area contributed by atoms with Crippen molar-refractivity contribution in [3.8, 4) is 11.1 Å². The molecule has 4 aromatic rings. The fourth-order valence-corrected chi connectivity index (χ4v) is 4.02. The Morgan fingerprint density at radius 3 is 2.36 bits per heavy atom. The van der Waals surface area contributed by atoms with Crippen LogP contribution < -0.4 is 5.32 Å². The first-order chi connectivity index (χ1) is 12.1. The summed E-state index contributed by atoms with van der Waals surface area (Å²) in [6, 6.07) is 16.2. The summed E-state index contributed by atoms with van der Waals surface area (Å²) in [4.78, 5) is 11.2. The predicted octanol–water partition coefficient (Wildman–Crippen LogP) is 6.37. The Hall–Kier alpha value is -2.43. The lowest BCUT2D eigenvalue weighted by atomic mass is 10.0. The molecule has 25 heavy (non-hydrogen) atoms. The number of thiophene rings is 1. The third kappa shape index (κ3) is 3.11. The molecule has 1 N–H and O–H groups in total. The molecular formula is C20H16ClN3S. The second kappa shape index (κ2) is 6.47. The van der Waals surface area contributed by atoms with Gasteiger partial charge in [0.25, 0.3) is 0 Å². The van der Waals surface area contributed by atoms with E-state index in [0.717, 1.165) is 21.7 Å². The summed E-state index contributed by atoms with van der Waals surface area (Å²) >= 11 is 7.67. The molecule has 0 aliphatic heterocycles. The molecule has 2 heterocycles. The molecule has 0 saturated heterocycles. The van der Waals surface area contributed by atoms with E-state index in [4.69, 9.17) is 11.6 Å². The zero-order valence-corrected chi connectivity index (χ0v) is 15.4. The van der Waals surface area contributed by atoms with Gasteiger partial charge >= 0.3 is 0 Å². The molecule has 0 saturated carbocycles. The Kier molecular flexibility index (Phi) is 4.15. The molecule has 124 valence electrons. The molecule has 4 rings (SSSR count). The number of aryl methyl sites for hydroxylation is 2. The average molecular weight is 366 g/mol. The van der Waals surface area contributed by atoms with E-state index in [0.29, 0.717) is 5.02 Å². The molecule has 0 amide bonds. The Balaban J connectivity index is 1.87. The van der Waals surface area contributed by atoms with Crippen molar-refractivity contribution in [2.24, 2.45) is 0 Å². The quantitative estimate of drug-likeness (QED) is 0.458. The van der Waals surface area contributed by atoms with Gasteiger partial charge in [0.1, 0.15) is 17.0 Å². The van der Waals surface area contributed by atoms with Crippen LogP contribution in [-0.4, -0.2) is 9.97 Å². The van der Waals surface area contributed by atoms with E-state index in [-0.39, 0.29) is 0 Å². The van der Waals surface area contributed by atoms with Gasteiger partial charge < -0.3 is 5.32 Å². The molecule has 0 aliphatic carbocycles. The molecular weight excluding hydrogens is 350 g/mol. The third-order valence-corrected chi connectivity index (χ3v) is 5.38. The lowest BCUT2D eigenvalue weighted by molar-refractivity contribution is 1.23. The number of aromatic nitrogens is 2. The number of hydrogen-bond acceptors (Lipinski definition) is 4. The highest BCUT2D eigenvalue weighted by Crippen LogP contribution is 2.41. The molecule has 0 bridgehead atoms. The highest BCUT2D eigenvalue weighted by molar-refractivity contribution is 7.19. The van der Waals surface area contributed by atoms with Crippen LogP contribution in [0.4, 0.5) is 11.5 Å². The van der Waals surface area contributed by atoms with Gasteiger partial charge in [0.05, 0.1) is 5.39 Å². The zero-order chi connectivity index (χ0) is 17.4. The van der Waals surface area contributed by atoms with Gasteiger partial charge in [-0.2, -0.15) is 0 Å². The average Bonchev–Trinajstić information content (AvgIpc) is 2.95. The zero-order valence-electron chi connectivity index (χ0n) is 13.9. The Bertz CT molecular complexity index is 1040. The molecule has 0 aliphatic rings. The number of nitrogens with one attached hydrogen (secondary N) is 1. The van der Waals surface area contributed by atoms with Crippen LogP contribution in [0.2, 0.25) is 5.02 Å². The van der Waals surface area contributed by atoms with Crippen molar-refractivity contribution in [2.45, 2.75) is 13.8 Å². The Morgan fingerprint density at radius 2 is 1.64 bits per heavy atom. The summed E-state index contributed by atoms with van der Waals surface area (Å²) in [5.74, 6) is 0.812. The first kappa shape index (κ1) is 16.1. The number of fused-ring (bicyclic) bond motifs is 1. The highest BCUT2D eigenvalue weighted by atomic mass is 35.5. The van der Waals surface area contributed by atoms with Gasteiger partial charge in [-0.15, -0.1) is 11.3 Å². The fourth-order valence-electron chi connectivity index (χ4n) is 2.88. The van der Waals surface area contributed by atoms with Crippen molar-refractivity contribution in [1.29, 1.82) is 0 Å². The number of benzene rings is 2. The summed E-state index contributed by atoms with van der Waals surface area (Å²) in [6.07, 6.45) is 1.61. The molecule has 0 radical (unpaired) electrons. The minimum atomic E-state index is 0.713. The number of anilines is 2. The van der Waals surface area contributed by atoms with E-state index in [1.807, 2.05) is 24.3 Å². The molecule has 5 heteroatoms. The molecule has 0 spiro atoms. The standard InChI is InChI=1S/C20H16ClN3S/c1-12-3-5-14(6-4-12)17-13(2)25-20-18(17)19(22-11-23-20)24-16-9-7-15(21)8-10-16/h3-11H,1-2H3,(H,22,23,24). The minimum Gasteiger partial charge on any atom is -0.340 e. The Labute approximate surface area is 155 Å². The fraction of sp³-hybridized carbons (Fsp3) is 0.100. The third-order valence-electron chi connectivity index (χ3n) is 4.11. The topological polar surface area (TPSA) is 37.8 Å². The molecule has 0 atom stereocenters. The van der Waals surface area contributed by atoms with Crippen molar-refractivity contribution >= 4 is 44.7 Å². The summed E-state index contributed by atoms with van der Waals surface area (Å²) in [5.41, 5.74) is 4.57. The van der Waals surface area contributed by atoms with Gasteiger partial charge in [-0.05, 0) is 43.7 Å². The van der Waals surface area contributed by atoms with Crippen LogP contribution in [0.3, 0.4) is 0 Å². The second-order valence-corrected chi connectivity index (χ2v) is 7.57. The van der Waals surface area contributed by atoms with E-state index >= 15 is 0 Å². The van der Waals surface area contributed by atoms with Gasteiger partial charge in [0, 0.05) is 21.2 Å². The maximum absolute atomic E-state index is 5.98. The van der Waals surface area contributed by atoms with E-state index < -0.39 is 0 Å². The van der Waals surface area contributed by atoms with E-state index in [1.165, 1.54) is 21.6 Å². The Morgan fingerprint density at radius 1 is 0.920 bits per heavy atom. The van der Waals surface area contributed by atoms with Crippen LogP contribution in [-0.2, 0) is 0 Å². The van der Waals surface area contributed by atoms with Gasteiger partial charge in [-0.25, -0.2) is 9.97 Å². The van der Waals surface area contributed by atoms with Crippen LogP contribution in [0.5, 0.6) is 0 Å². The smallest absolute Gasteiger partial charge is 0.143 e. The predicted molar refractivity (Wildman–Crippen MR) is 107 cm³/mol. The number of nitrogens with zero attached hydrogens (tertiary/aromatic N) is 2. The van der Waals surface area contributed by atoms with Crippen molar-refractivity contribution in [2.75, 3.05) is 5.32 Å². The maximum atomic E-state index is 5.98. The molecule has 0 fully saturated rings. The van der Waals surface area contributed by atoms with Gasteiger partial charge in [0.15, 0.2) is 0 Å². The van der Waals surface area contributed by atoms with Crippen molar-refractivity contribution < 1.29 is 0 Å². The van der Waals surface area contributed by atoms with Crippen molar-refractivity contribution in [1.82, 2.24) is 9.97 Å². The minimum absolute atomic E-state index is 0.713. The first-order valence-electron chi connectivity index (χ1n) is 7.95. The van der Waals surface area contributed by atoms with Crippen LogP contribution in [0.15, 0.2) is 54.9 Å². The van der Waals surface area contributed by atoms with Gasteiger partial charge in [0.2, 0.25) is 0 Å². The summed E-state index contributed by atoms with van der Waals surface area (Å²) < 4.78 is 0. The normalized spacial score (nSPS) is 11.0. The lowest BCUT2D eigenvalue weighted by Gasteiger charge is -2.09. The lowest BCUT2D eigenvalue weighted by Crippen LogP contribution is -1.95. The van der Waals surface area contributed by atoms with Crippen LogP contribution >= 0.6 is 22.9 Å². The number of rotatable bonds is 3. The van der Waals surface area contributed by atoms with E-state index in [1.54, 1.807) is 17.7 Å². The van der Waals surface area contributed by atoms with Gasteiger partial charge in [-0.1, -0.05) is 41.4 Å². The molecule has 0 unspecified atom stereocenters. The van der Waals surface area contributed by atoms with Crippen LogP contribution in [0, 0.1) is 13.8 Å². The summed E-state index contributed by atoms with van der Waals surface area (Å²) in [5, 5.41) is 5.18. The maximum Gasteiger partial charge on any atom is 0.143 e. The molecule has 3 nitrogen and oxygen atoms in total. The molecule has 2 aromatic carbocycles. The van der Waals surface area contributed by atoms with E-state index in [9.17, 15) is 0 Å². The first-order valence-corrected chi connectivity index (χ1v) is 9.15. The van der Waals surface area contributed by atoms with Crippen LogP contribution in [0.1, 0.15) is 10.4 Å². The monoisotopic (exact) mass is 365 g/mol. The largest absolute Gasteiger partial charge is 0.340 e. The van der Waals surface area contributed by atoms with Crippen molar-refractivity contribution in [3.05, 3.63) is 70.3 Å². The number of halogens is 1. The summed E-state index contributed by atoms with van der Waals surface area (Å²) in [6.45, 7) is 4.23. The highest BCUT2D eigenvalue weighted by Gasteiger charge is 2.16. The van der Waals surface area contributed by atoms with Gasteiger partial charge in [-0.3, -0.25) is 0 Å². The second-order valence-electron chi connectivity index (χ2n) is 5.93. The number of hydrogen-bond donors (Lipinski definition) is 1. The summed E-state index contributed by atoms with van der Waals surface area (Å²) in [7, 11) is 0. The molecule has 2 aromatic heterocycles. The van der Waals surface area contributed by atoms with E-state index in [2.05, 4.69) is 53.4 Å². The van der Waals surface area contributed by atoms with Crippen LogP contribution in [0.25, 0.3) is 21.3 Å². The SMILES string of the molecule is Cc1ccc(-c2c(C)sc3ncnc(Nc4ccc(Cl)cc4)c23)cc1. The van der Waals surface area contributed by atoms with Crippen molar-refractivity contribution in [3.63, 3.8) is 0 Å².